The van der Waals surface area contributed by atoms with Crippen LogP contribution in [0.3, 0.4) is 0 Å². The van der Waals surface area contributed by atoms with Gasteiger partial charge in [0.25, 0.3) is 0 Å². The van der Waals surface area contributed by atoms with Crippen LogP contribution in [0.25, 0.3) is 0 Å². The second kappa shape index (κ2) is 9.32. The van der Waals surface area contributed by atoms with Crippen molar-refractivity contribution in [1.82, 2.24) is 5.32 Å². The Balaban J connectivity index is 1.94. The van der Waals surface area contributed by atoms with Crippen molar-refractivity contribution < 1.29 is 13.2 Å². The van der Waals surface area contributed by atoms with Crippen LogP contribution in [0, 0.1) is 0 Å². The van der Waals surface area contributed by atoms with Gasteiger partial charge in [-0.2, -0.15) is 0 Å². The molecule has 1 amide bonds. The zero-order valence-electron chi connectivity index (χ0n) is 16.7. The maximum Gasteiger partial charge on any atom is 0.244 e. The fourth-order valence-corrected chi connectivity index (χ4v) is 4.69. The minimum atomic E-state index is -3.73. The zero-order chi connectivity index (χ0) is 21.7. The maximum atomic E-state index is 13.2. The van der Waals surface area contributed by atoms with Gasteiger partial charge in [0, 0.05) is 5.02 Å². The van der Waals surface area contributed by atoms with Crippen molar-refractivity contribution in [2.24, 2.45) is 0 Å². The number of hydrogen-bond acceptors (Lipinski definition) is 3. The van der Waals surface area contributed by atoms with Gasteiger partial charge in [-0.05, 0) is 36.2 Å². The SMILES string of the molecule is C[C@@H](C(=O)NC(c1ccccc1)c1ccccc1)N(c1cccc(Cl)c1)S(C)(=O)=O. The lowest BCUT2D eigenvalue weighted by Crippen LogP contribution is -2.48. The van der Waals surface area contributed by atoms with E-state index in [4.69, 9.17) is 11.6 Å². The first-order valence-electron chi connectivity index (χ1n) is 9.42. The standard InChI is InChI=1S/C23H23ClN2O3S/c1-17(26(30(2,28)29)21-15-9-14-20(24)16-21)23(27)25-22(18-10-5-3-6-11-18)19-12-7-4-8-13-19/h3-17,22H,1-2H3,(H,25,27)/t17-/m0/s1. The monoisotopic (exact) mass is 442 g/mol. The van der Waals surface area contributed by atoms with Gasteiger partial charge in [-0.3, -0.25) is 9.10 Å². The van der Waals surface area contributed by atoms with Crippen molar-refractivity contribution in [2.45, 2.75) is 19.0 Å². The average Bonchev–Trinajstić information content (AvgIpc) is 2.72. The van der Waals surface area contributed by atoms with Crippen molar-refractivity contribution in [2.75, 3.05) is 10.6 Å². The van der Waals surface area contributed by atoms with Crippen LogP contribution < -0.4 is 9.62 Å². The summed E-state index contributed by atoms with van der Waals surface area (Å²) in [6, 6.07) is 24.1. The lowest BCUT2D eigenvalue weighted by Gasteiger charge is -2.30. The van der Waals surface area contributed by atoms with Crippen LogP contribution >= 0.6 is 11.6 Å². The van der Waals surface area contributed by atoms with Crippen LogP contribution in [0.15, 0.2) is 84.9 Å². The van der Waals surface area contributed by atoms with Crippen LogP contribution in [-0.2, 0) is 14.8 Å². The molecule has 0 unspecified atom stereocenters. The van der Waals surface area contributed by atoms with E-state index in [0.29, 0.717) is 10.7 Å². The van der Waals surface area contributed by atoms with Gasteiger partial charge in [0.15, 0.2) is 0 Å². The molecule has 0 saturated heterocycles. The molecule has 156 valence electrons. The molecule has 0 spiro atoms. The second-order valence-electron chi connectivity index (χ2n) is 6.98. The largest absolute Gasteiger partial charge is 0.343 e. The normalized spacial score (nSPS) is 12.4. The molecule has 0 radical (unpaired) electrons. The number of benzene rings is 3. The highest BCUT2D eigenvalue weighted by molar-refractivity contribution is 7.92. The summed E-state index contributed by atoms with van der Waals surface area (Å²) >= 11 is 6.05. The van der Waals surface area contributed by atoms with Crippen LogP contribution in [0.2, 0.25) is 5.02 Å². The molecule has 7 heteroatoms. The molecule has 3 aromatic carbocycles. The van der Waals surface area contributed by atoms with Gasteiger partial charge in [0.2, 0.25) is 15.9 Å². The van der Waals surface area contributed by atoms with E-state index >= 15 is 0 Å². The van der Waals surface area contributed by atoms with E-state index in [2.05, 4.69) is 5.32 Å². The van der Waals surface area contributed by atoms with E-state index in [1.807, 2.05) is 60.7 Å². The smallest absolute Gasteiger partial charge is 0.244 e. The van der Waals surface area contributed by atoms with Gasteiger partial charge in [-0.25, -0.2) is 8.42 Å². The highest BCUT2D eigenvalue weighted by atomic mass is 35.5. The molecule has 1 atom stereocenters. The molecule has 3 rings (SSSR count). The average molecular weight is 443 g/mol. The van der Waals surface area contributed by atoms with Gasteiger partial charge in [0.05, 0.1) is 18.0 Å². The van der Waals surface area contributed by atoms with Crippen molar-refractivity contribution in [3.63, 3.8) is 0 Å². The summed E-state index contributed by atoms with van der Waals surface area (Å²) in [6.45, 7) is 1.56. The van der Waals surface area contributed by atoms with Gasteiger partial charge < -0.3 is 5.32 Å². The van der Waals surface area contributed by atoms with Crippen molar-refractivity contribution in [3.8, 4) is 0 Å². The number of carbonyl (C=O) groups is 1. The predicted molar refractivity (Wildman–Crippen MR) is 121 cm³/mol. The molecule has 0 heterocycles. The summed E-state index contributed by atoms with van der Waals surface area (Å²) in [6.07, 6.45) is 1.07. The summed E-state index contributed by atoms with van der Waals surface area (Å²) in [5.41, 5.74) is 2.14. The lowest BCUT2D eigenvalue weighted by molar-refractivity contribution is -0.122. The molecule has 0 fully saturated rings. The topological polar surface area (TPSA) is 66.5 Å². The predicted octanol–water partition coefficient (Wildman–Crippen LogP) is 4.40. The minimum Gasteiger partial charge on any atom is -0.343 e. The van der Waals surface area contributed by atoms with Crippen LogP contribution in [0.5, 0.6) is 0 Å². The Bertz CT molecular complexity index is 1070. The van der Waals surface area contributed by atoms with Crippen molar-refractivity contribution >= 4 is 33.2 Å². The number of anilines is 1. The van der Waals surface area contributed by atoms with Crippen LogP contribution in [0.1, 0.15) is 24.1 Å². The third-order valence-electron chi connectivity index (χ3n) is 4.70. The molecule has 0 aromatic heterocycles. The fraction of sp³-hybridized carbons (Fsp3) is 0.174. The molecular weight excluding hydrogens is 420 g/mol. The molecule has 0 aliphatic carbocycles. The number of sulfonamides is 1. The number of carbonyl (C=O) groups excluding carboxylic acids is 1. The summed E-state index contributed by atoms with van der Waals surface area (Å²) in [4.78, 5) is 13.2. The summed E-state index contributed by atoms with van der Waals surface area (Å²) in [5, 5.41) is 3.40. The zero-order valence-corrected chi connectivity index (χ0v) is 18.3. The van der Waals surface area contributed by atoms with Crippen molar-refractivity contribution in [1.29, 1.82) is 0 Å². The number of nitrogens with zero attached hydrogens (tertiary/aromatic N) is 1. The molecule has 1 N–H and O–H groups in total. The Morgan fingerprint density at radius 3 is 1.90 bits per heavy atom. The van der Waals surface area contributed by atoms with Crippen molar-refractivity contribution in [3.05, 3.63) is 101 Å². The van der Waals surface area contributed by atoms with Gasteiger partial charge in [-0.1, -0.05) is 78.3 Å². The van der Waals surface area contributed by atoms with E-state index < -0.39 is 28.0 Å². The van der Waals surface area contributed by atoms with Gasteiger partial charge in [-0.15, -0.1) is 0 Å². The number of hydrogen-bond donors (Lipinski definition) is 1. The Hall–Kier alpha value is -2.83. The highest BCUT2D eigenvalue weighted by Gasteiger charge is 2.31. The quantitative estimate of drug-likeness (QED) is 0.589. The Kier molecular flexibility index (Phi) is 6.80. The molecule has 30 heavy (non-hydrogen) atoms. The fourth-order valence-electron chi connectivity index (χ4n) is 3.33. The first kappa shape index (κ1) is 21.9. The van der Waals surface area contributed by atoms with Gasteiger partial charge in [0.1, 0.15) is 6.04 Å². The Labute approximate surface area is 182 Å². The maximum absolute atomic E-state index is 13.2. The third-order valence-corrected chi connectivity index (χ3v) is 6.18. The Morgan fingerprint density at radius 2 is 1.43 bits per heavy atom. The minimum absolute atomic E-state index is 0.337. The first-order chi connectivity index (χ1) is 14.3. The molecule has 0 saturated carbocycles. The number of rotatable bonds is 7. The van der Waals surface area contributed by atoms with E-state index in [9.17, 15) is 13.2 Å². The number of nitrogens with one attached hydrogen (secondary N) is 1. The molecular formula is C23H23ClN2O3S. The first-order valence-corrected chi connectivity index (χ1v) is 11.7. The summed E-state index contributed by atoms with van der Waals surface area (Å²) < 4.78 is 26.1. The van der Waals surface area contributed by atoms with Gasteiger partial charge >= 0.3 is 0 Å². The molecule has 0 bridgehead atoms. The Morgan fingerprint density at radius 1 is 0.900 bits per heavy atom. The van der Waals surface area contributed by atoms with E-state index in [1.54, 1.807) is 25.1 Å². The summed E-state index contributed by atoms with van der Waals surface area (Å²) in [5.74, 6) is -0.418. The lowest BCUT2D eigenvalue weighted by atomic mass is 9.98. The van der Waals surface area contributed by atoms with E-state index in [1.165, 1.54) is 6.07 Å². The van der Waals surface area contributed by atoms with E-state index in [-0.39, 0.29) is 0 Å². The molecule has 0 aliphatic rings. The third kappa shape index (κ3) is 5.20. The second-order valence-corrected chi connectivity index (χ2v) is 9.27. The van der Waals surface area contributed by atoms with Crippen LogP contribution in [0.4, 0.5) is 5.69 Å². The number of halogens is 1. The molecule has 3 aromatic rings. The summed E-state index contributed by atoms with van der Waals surface area (Å²) in [7, 11) is -3.73. The highest BCUT2D eigenvalue weighted by Crippen LogP contribution is 2.26. The van der Waals surface area contributed by atoms with E-state index in [0.717, 1.165) is 21.7 Å². The molecule has 0 aliphatic heterocycles. The van der Waals surface area contributed by atoms with Crippen LogP contribution in [-0.4, -0.2) is 26.6 Å². The number of amides is 1. The molecule has 5 nitrogen and oxygen atoms in total.